The standard InChI is InChI=1S/C24H19ClN4O4/c1-29(21-5-3-4-6-22(21)32-2)24(31)18-10-17(20(25)11-23(18)33-8-7-30)19-14-28-16(13-27)9-15(19)12-26/h3-6,9-11,14,30H,7-8H2,1-2H3. The number of nitrogens with zero attached hydrogens (tertiary/aromatic N) is 4. The number of aromatic nitrogens is 1. The molecule has 0 fully saturated rings. The minimum Gasteiger partial charge on any atom is -0.495 e. The lowest BCUT2D eigenvalue weighted by molar-refractivity contribution is 0.0986. The van der Waals surface area contributed by atoms with Gasteiger partial charge in [0, 0.05) is 30.4 Å². The molecule has 166 valence electrons. The minimum atomic E-state index is -0.425. The maximum atomic E-state index is 13.5. The Hall–Kier alpha value is -4.11. The van der Waals surface area contributed by atoms with Crippen LogP contribution in [0, 0.1) is 22.7 Å². The van der Waals surface area contributed by atoms with Crippen LogP contribution in [-0.4, -0.2) is 43.4 Å². The highest BCUT2D eigenvalue weighted by molar-refractivity contribution is 6.34. The van der Waals surface area contributed by atoms with E-state index in [1.54, 1.807) is 31.3 Å². The number of benzene rings is 2. The van der Waals surface area contributed by atoms with Crippen molar-refractivity contribution < 1.29 is 19.4 Å². The molecule has 0 aliphatic carbocycles. The van der Waals surface area contributed by atoms with E-state index < -0.39 is 5.91 Å². The van der Waals surface area contributed by atoms with Gasteiger partial charge < -0.3 is 19.5 Å². The first kappa shape index (κ1) is 23.6. The summed E-state index contributed by atoms with van der Waals surface area (Å²) < 4.78 is 10.9. The van der Waals surface area contributed by atoms with Gasteiger partial charge in [-0.3, -0.25) is 4.79 Å². The van der Waals surface area contributed by atoms with Gasteiger partial charge >= 0.3 is 0 Å². The second-order valence-electron chi connectivity index (χ2n) is 6.78. The highest BCUT2D eigenvalue weighted by Crippen LogP contribution is 2.37. The Balaban J connectivity index is 2.17. The molecule has 0 saturated carbocycles. The smallest absolute Gasteiger partial charge is 0.261 e. The molecule has 0 aliphatic rings. The number of ether oxygens (including phenoxy) is 2. The van der Waals surface area contributed by atoms with Crippen LogP contribution in [0.15, 0.2) is 48.7 Å². The van der Waals surface area contributed by atoms with Gasteiger partial charge in [0.2, 0.25) is 0 Å². The van der Waals surface area contributed by atoms with Crippen LogP contribution in [0.4, 0.5) is 5.69 Å². The van der Waals surface area contributed by atoms with Gasteiger partial charge in [0.25, 0.3) is 5.91 Å². The van der Waals surface area contributed by atoms with Crippen molar-refractivity contribution >= 4 is 23.2 Å². The van der Waals surface area contributed by atoms with Gasteiger partial charge in [-0.25, -0.2) is 4.98 Å². The molecular formula is C24H19ClN4O4. The van der Waals surface area contributed by atoms with Crippen molar-refractivity contribution in [2.45, 2.75) is 0 Å². The fourth-order valence-corrected chi connectivity index (χ4v) is 3.48. The zero-order chi connectivity index (χ0) is 24.0. The summed E-state index contributed by atoms with van der Waals surface area (Å²) in [7, 11) is 3.10. The third-order valence-corrected chi connectivity index (χ3v) is 5.14. The number of nitriles is 2. The molecule has 0 unspecified atom stereocenters. The Bertz CT molecular complexity index is 1280. The summed E-state index contributed by atoms with van der Waals surface area (Å²) in [4.78, 5) is 18.9. The molecule has 2 aromatic carbocycles. The Kier molecular flexibility index (Phi) is 7.47. The fourth-order valence-electron chi connectivity index (χ4n) is 3.22. The maximum Gasteiger partial charge on any atom is 0.261 e. The number of methoxy groups -OCH3 is 1. The summed E-state index contributed by atoms with van der Waals surface area (Å²) in [6.45, 7) is -0.302. The molecule has 0 radical (unpaired) electrons. The molecule has 3 aromatic rings. The molecule has 1 amide bonds. The summed E-state index contributed by atoms with van der Waals surface area (Å²) in [5.41, 5.74) is 1.70. The van der Waals surface area contributed by atoms with Gasteiger partial charge in [-0.2, -0.15) is 10.5 Å². The average molecular weight is 463 g/mol. The number of amides is 1. The summed E-state index contributed by atoms with van der Waals surface area (Å²) >= 11 is 6.48. The number of aliphatic hydroxyl groups is 1. The second-order valence-corrected chi connectivity index (χ2v) is 7.18. The number of carbonyl (C=O) groups is 1. The molecule has 0 bridgehead atoms. The van der Waals surface area contributed by atoms with Gasteiger partial charge in [-0.05, 0) is 24.3 Å². The molecule has 3 rings (SSSR count). The molecule has 0 saturated heterocycles. The molecule has 0 atom stereocenters. The number of pyridine rings is 1. The van der Waals surface area contributed by atoms with Crippen LogP contribution in [0.2, 0.25) is 5.02 Å². The third kappa shape index (κ3) is 4.88. The molecule has 33 heavy (non-hydrogen) atoms. The Morgan fingerprint density at radius 1 is 1.15 bits per heavy atom. The first-order chi connectivity index (χ1) is 15.9. The molecule has 1 heterocycles. The van der Waals surface area contributed by atoms with Crippen molar-refractivity contribution in [2.75, 3.05) is 32.3 Å². The summed E-state index contributed by atoms with van der Waals surface area (Å²) in [5.74, 6) is 0.249. The predicted molar refractivity (Wildman–Crippen MR) is 122 cm³/mol. The van der Waals surface area contributed by atoms with Crippen LogP contribution < -0.4 is 14.4 Å². The minimum absolute atomic E-state index is 0.0454. The quantitative estimate of drug-likeness (QED) is 0.567. The molecule has 0 aliphatic heterocycles. The van der Waals surface area contributed by atoms with Gasteiger partial charge in [-0.1, -0.05) is 23.7 Å². The third-order valence-electron chi connectivity index (χ3n) is 4.83. The highest BCUT2D eigenvalue weighted by Gasteiger charge is 2.24. The lowest BCUT2D eigenvalue weighted by atomic mass is 9.98. The Morgan fingerprint density at radius 2 is 1.91 bits per heavy atom. The molecule has 1 aromatic heterocycles. The van der Waals surface area contributed by atoms with E-state index >= 15 is 0 Å². The monoisotopic (exact) mass is 462 g/mol. The Labute approximate surface area is 195 Å². The SMILES string of the molecule is COc1ccccc1N(C)C(=O)c1cc(-c2cnc(C#N)cc2C#N)c(Cl)cc1OCCO. The largest absolute Gasteiger partial charge is 0.495 e. The van der Waals surface area contributed by atoms with Gasteiger partial charge in [0.15, 0.2) is 0 Å². The van der Waals surface area contributed by atoms with Gasteiger partial charge in [0.05, 0.1) is 41.6 Å². The van der Waals surface area contributed by atoms with Gasteiger partial charge in [-0.15, -0.1) is 0 Å². The number of rotatable bonds is 7. The van der Waals surface area contributed by atoms with Crippen molar-refractivity contribution in [1.29, 1.82) is 10.5 Å². The lowest BCUT2D eigenvalue weighted by Crippen LogP contribution is -2.27. The maximum absolute atomic E-state index is 13.5. The molecule has 8 nitrogen and oxygen atoms in total. The fraction of sp³-hybridized carbons (Fsp3) is 0.167. The van der Waals surface area contributed by atoms with E-state index in [1.807, 2.05) is 12.1 Å². The zero-order valence-corrected chi connectivity index (χ0v) is 18.6. The van der Waals surface area contributed by atoms with E-state index in [4.69, 9.17) is 26.3 Å². The summed E-state index contributed by atoms with van der Waals surface area (Å²) in [6.07, 6.45) is 1.37. The summed E-state index contributed by atoms with van der Waals surface area (Å²) in [5, 5.41) is 28.0. The van der Waals surface area contributed by atoms with E-state index in [-0.39, 0.29) is 40.8 Å². The average Bonchev–Trinajstić information content (AvgIpc) is 2.86. The molecule has 9 heteroatoms. The van der Waals surface area contributed by atoms with Crippen LogP contribution >= 0.6 is 11.6 Å². The van der Waals surface area contributed by atoms with E-state index in [2.05, 4.69) is 4.98 Å². The van der Waals surface area contributed by atoms with E-state index in [0.29, 0.717) is 22.6 Å². The van der Waals surface area contributed by atoms with Crippen LogP contribution in [0.5, 0.6) is 11.5 Å². The Morgan fingerprint density at radius 3 is 2.58 bits per heavy atom. The number of hydrogen-bond acceptors (Lipinski definition) is 7. The lowest BCUT2D eigenvalue weighted by Gasteiger charge is -2.22. The summed E-state index contributed by atoms with van der Waals surface area (Å²) in [6, 6.07) is 15.3. The van der Waals surface area contributed by atoms with Crippen LogP contribution in [0.3, 0.4) is 0 Å². The second kappa shape index (κ2) is 10.5. The van der Waals surface area contributed by atoms with Crippen molar-refractivity contribution in [3.05, 3.63) is 70.5 Å². The number of hydrogen-bond donors (Lipinski definition) is 1. The number of anilines is 1. The van der Waals surface area contributed by atoms with Crippen molar-refractivity contribution in [1.82, 2.24) is 4.98 Å². The van der Waals surface area contributed by atoms with Crippen LogP contribution in [0.1, 0.15) is 21.6 Å². The van der Waals surface area contributed by atoms with Crippen LogP contribution in [0.25, 0.3) is 11.1 Å². The van der Waals surface area contributed by atoms with Crippen molar-refractivity contribution in [2.24, 2.45) is 0 Å². The van der Waals surface area contributed by atoms with Crippen LogP contribution in [-0.2, 0) is 0 Å². The number of para-hydroxylation sites is 2. The van der Waals surface area contributed by atoms with E-state index in [0.717, 1.165) is 0 Å². The highest BCUT2D eigenvalue weighted by atomic mass is 35.5. The predicted octanol–water partition coefficient (Wildman–Crippen LogP) is 3.80. The first-order valence-electron chi connectivity index (χ1n) is 9.74. The molecule has 0 spiro atoms. The van der Waals surface area contributed by atoms with Crippen molar-refractivity contribution in [3.8, 4) is 34.8 Å². The number of aliphatic hydroxyl groups excluding tert-OH is 1. The van der Waals surface area contributed by atoms with E-state index in [9.17, 15) is 15.2 Å². The topological polar surface area (TPSA) is 119 Å². The van der Waals surface area contributed by atoms with Crippen molar-refractivity contribution in [3.63, 3.8) is 0 Å². The molecular weight excluding hydrogens is 444 g/mol. The van der Waals surface area contributed by atoms with E-state index in [1.165, 1.54) is 36.4 Å². The number of carbonyl (C=O) groups excluding carboxylic acids is 1. The van der Waals surface area contributed by atoms with Gasteiger partial charge in [0.1, 0.15) is 29.9 Å². The zero-order valence-electron chi connectivity index (χ0n) is 17.9. The molecule has 1 N–H and O–H groups in total. The first-order valence-corrected chi connectivity index (χ1v) is 10.1. The normalized spacial score (nSPS) is 10.1. The number of halogens is 1.